The molecule has 110 valence electrons. The first-order chi connectivity index (χ1) is 9.74. The number of nitrogens with zero attached hydrogens (tertiary/aromatic N) is 1. The summed E-state index contributed by atoms with van der Waals surface area (Å²) in [6.07, 6.45) is 7.05. The molecule has 0 atom stereocenters. The first-order valence-corrected chi connectivity index (χ1v) is 7.91. The lowest BCUT2D eigenvalue weighted by atomic mass is 9.86. The number of nitrogens with one attached hydrogen (secondary N) is 1. The highest BCUT2D eigenvalue weighted by Gasteiger charge is 2.32. The Kier molecular flexibility index (Phi) is 4.10. The molecule has 4 heteroatoms. The van der Waals surface area contributed by atoms with Crippen LogP contribution in [0.1, 0.15) is 43.2 Å². The maximum atomic E-state index is 12.2. The lowest BCUT2D eigenvalue weighted by Gasteiger charge is -2.38. The number of piperazine rings is 1. The third-order valence-electron chi connectivity index (χ3n) is 5.02. The number of amides is 1. The van der Waals surface area contributed by atoms with Crippen LogP contribution in [0.15, 0.2) is 22.8 Å². The Morgan fingerprint density at radius 3 is 2.55 bits per heavy atom. The molecule has 1 aromatic rings. The largest absolute Gasteiger partial charge is 0.459 e. The molecule has 2 heterocycles. The molecule has 0 aromatic carbocycles. The SMILES string of the molecule is CC1CCC([NH+]2CCN(C(=O)c3ccco3)CC2)CC1. The average molecular weight is 277 g/mol. The van der Waals surface area contributed by atoms with Gasteiger partial charge in [0.2, 0.25) is 0 Å². The van der Waals surface area contributed by atoms with Crippen LogP contribution in [-0.2, 0) is 0 Å². The van der Waals surface area contributed by atoms with E-state index in [0.717, 1.165) is 38.1 Å². The second-order valence-corrected chi connectivity index (χ2v) is 6.38. The first-order valence-electron chi connectivity index (χ1n) is 7.91. The Morgan fingerprint density at radius 1 is 1.25 bits per heavy atom. The van der Waals surface area contributed by atoms with E-state index in [4.69, 9.17) is 4.42 Å². The predicted molar refractivity (Wildman–Crippen MR) is 76.7 cm³/mol. The minimum absolute atomic E-state index is 0.0475. The van der Waals surface area contributed by atoms with Crippen molar-refractivity contribution in [1.29, 1.82) is 0 Å². The highest BCUT2D eigenvalue weighted by atomic mass is 16.3. The van der Waals surface area contributed by atoms with E-state index in [0.29, 0.717) is 5.76 Å². The Hall–Kier alpha value is -1.29. The zero-order valence-corrected chi connectivity index (χ0v) is 12.3. The van der Waals surface area contributed by atoms with Crippen molar-refractivity contribution in [2.24, 2.45) is 5.92 Å². The Balaban J connectivity index is 1.51. The van der Waals surface area contributed by atoms with Crippen molar-refractivity contribution in [1.82, 2.24) is 4.90 Å². The van der Waals surface area contributed by atoms with E-state index in [2.05, 4.69) is 6.92 Å². The molecule has 0 radical (unpaired) electrons. The van der Waals surface area contributed by atoms with Crippen molar-refractivity contribution in [3.05, 3.63) is 24.2 Å². The molecular weight excluding hydrogens is 252 g/mol. The van der Waals surface area contributed by atoms with Crippen LogP contribution in [0, 0.1) is 5.92 Å². The molecule has 1 saturated carbocycles. The van der Waals surface area contributed by atoms with E-state index < -0.39 is 0 Å². The van der Waals surface area contributed by atoms with Crippen LogP contribution in [0.5, 0.6) is 0 Å². The molecular formula is C16H25N2O2+. The lowest BCUT2D eigenvalue weighted by molar-refractivity contribution is -0.930. The fourth-order valence-electron chi connectivity index (χ4n) is 3.63. The van der Waals surface area contributed by atoms with Gasteiger partial charge in [0.05, 0.1) is 38.5 Å². The van der Waals surface area contributed by atoms with Gasteiger partial charge in [-0.3, -0.25) is 4.79 Å². The van der Waals surface area contributed by atoms with Gasteiger partial charge in [-0.05, 0) is 43.7 Å². The summed E-state index contributed by atoms with van der Waals surface area (Å²) in [6, 6.07) is 4.36. The molecule has 1 amide bonds. The van der Waals surface area contributed by atoms with Crippen LogP contribution in [-0.4, -0.2) is 43.0 Å². The van der Waals surface area contributed by atoms with Gasteiger partial charge in [-0.25, -0.2) is 0 Å². The molecule has 1 aliphatic carbocycles. The normalized spacial score (nSPS) is 28.6. The van der Waals surface area contributed by atoms with Crippen LogP contribution in [0.3, 0.4) is 0 Å². The Bertz CT molecular complexity index is 427. The summed E-state index contributed by atoms with van der Waals surface area (Å²) < 4.78 is 5.21. The smallest absolute Gasteiger partial charge is 0.289 e. The van der Waals surface area contributed by atoms with Crippen LogP contribution >= 0.6 is 0 Å². The average Bonchev–Trinajstić information content (AvgIpc) is 3.02. The quantitative estimate of drug-likeness (QED) is 0.882. The van der Waals surface area contributed by atoms with E-state index in [-0.39, 0.29) is 5.91 Å². The number of hydrogen-bond donors (Lipinski definition) is 1. The summed E-state index contributed by atoms with van der Waals surface area (Å²) in [5.74, 6) is 1.43. The van der Waals surface area contributed by atoms with E-state index in [1.165, 1.54) is 25.7 Å². The van der Waals surface area contributed by atoms with Crippen molar-refractivity contribution < 1.29 is 14.1 Å². The van der Waals surface area contributed by atoms with Crippen LogP contribution in [0.25, 0.3) is 0 Å². The minimum Gasteiger partial charge on any atom is -0.459 e. The fourth-order valence-corrected chi connectivity index (χ4v) is 3.63. The van der Waals surface area contributed by atoms with Gasteiger partial charge in [0.15, 0.2) is 5.76 Å². The fraction of sp³-hybridized carbons (Fsp3) is 0.688. The zero-order chi connectivity index (χ0) is 13.9. The molecule has 1 aliphatic heterocycles. The monoisotopic (exact) mass is 277 g/mol. The molecule has 0 spiro atoms. The number of furan rings is 1. The highest BCUT2D eigenvalue weighted by Crippen LogP contribution is 2.22. The molecule has 2 aliphatic rings. The Morgan fingerprint density at radius 2 is 1.95 bits per heavy atom. The maximum Gasteiger partial charge on any atom is 0.289 e. The molecule has 20 heavy (non-hydrogen) atoms. The molecule has 1 N–H and O–H groups in total. The third-order valence-corrected chi connectivity index (χ3v) is 5.02. The molecule has 1 aromatic heterocycles. The molecule has 3 rings (SSSR count). The van der Waals surface area contributed by atoms with E-state index in [9.17, 15) is 4.79 Å². The van der Waals surface area contributed by atoms with Gasteiger partial charge in [-0.2, -0.15) is 0 Å². The van der Waals surface area contributed by atoms with Crippen molar-refractivity contribution in [3.8, 4) is 0 Å². The number of hydrogen-bond acceptors (Lipinski definition) is 2. The van der Waals surface area contributed by atoms with Gasteiger partial charge in [0, 0.05) is 0 Å². The number of rotatable bonds is 2. The highest BCUT2D eigenvalue weighted by molar-refractivity contribution is 5.91. The topological polar surface area (TPSA) is 37.9 Å². The standard InChI is InChI=1S/C16H24N2O2/c1-13-4-6-14(7-5-13)17-8-10-18(11-9-17)16(19)15-3-2-12-20-15/h2-3,12-14H,4-11H2,1H3/p+1. The second kappa shape index (κ2) is 6.00. The number of carbonyl (C=O) groups is 1. The van der Waals surface area contributed by atoms with Gasteiger partial charge in [-0.15, -0.1) is 0 Å². The number of quaternary nitrogens is 1. The Labute approximate surface area is 120 Å². The van der Waals surface area contributed by atoms with Crippen molar-refractivity contribution in [2.45, 2.75) is 38.6 Å². The summed E-state index contributed by atoms with van der Waals surface area (Å²) in [5, 5.41) is 0. The van der Waals surface area contributed by atoms with Gasteiger partial charge < -0.3 is 14.2 Å². The van der Waals surface area contributed by atoms with Crippen LogP contribution < -0.4 is 4.90 Å². The van der Waals surface area contributed by atoms with Gasteiger partial charge in [-0.1, -0.05) is 6.92 Å². The molecule has 4 nitrogen and oxygen atoms in total. The van der Waals surface area contributed by atoms with Crippen molar-refractivity contribution in [3.63, 3.8) is 0 Å². The van der Waals surface area contributed by atoms with E-state index in [1.807, 2.05) is 4.90 Å². The van der Waals surface area contributed by atoms with Gasteiger partial charge >= 0.3 is 0 Å². The number of carbonyl (C=O) groups excluding carboxylic acids is 1. The second-order valence-electron chi connectivity index (χ2n) is 6.38. The first kappa shape index (κ1) is 13.7. The summed E-state index contributed by atoms with van der Waals surface area (Å²) in [6.45, 7) is 6.27. The van der Waals surface area contributed by atoms with Gasteiger partial charge in [0.25, 0.3) is 5.91 Å². The molecule has 0 bridgehead atoms. The van der Waals surface area contributed by atoms with Gasteiger partial charge in [0.1, 0.15) is 0 Å². The summed E-state index contributed by atoms with van der Waals surface area (Å²) in [5.41, 5.74) is 0. The minimum atomic E-state index is 0.0475. The van der Waals surface area contributed by atoms with Crippen molar-refractivity contribution in [2.75, 3.05) is 26.2 Å². The molecule has 2 fully saturated rings. The van der Waals surface area contributed by atoms with Crippen LogP contribution in [0.2, 0.25) is 0 Å². The summed E-state index contributed by atoms with van der Waals surface area (Å²) in [7, 11) is 0. The lowest BCUT2D eigenvalue weighted by Crippen LogP contribution is -3.18. The van der Waals surface area contributed by atoms with E-state index in [1.54, 1.807) is 23.3 Å². The summed E-state index contributed by atoms with van der Waals surface area (Å²) in [4.78, 5) is 15.9. The van der Waals surface area contributed by atoms with E-state index >= 15 is 0 Å². The van der Waals surface area contributed by atoms with Crippen LogP contribution in [0.4, 0.5) is 0 Å². The zero-order valence-electron chi connectivity index (χ0n) is 12.3. The molecule has 0 unspecified atom stereocenters. The maximum absolute atomic E-state index is 12.2. The third kappa shape index (κ3) is 2.90. The van der Waals surface area contributed by atoms with Crippen molar-refractivity contribution >= 4 is 5.91 Å². The molecule has 1 saturated heterocycles. The predicted octanol–water partition coefficient (Wildman–Crippen LogP) is 1.20. The summed E-state index contributed by atoms with van der Waals surface area (Å²) >= 11 is 0.